The molecule has 1 spiro atoms. The predicted octanol–water partition coefficient (Wildman–Crippen LogP) is 4.83. The molecule has 0 N–H and O–H groups in total. The molecule has 176 valence electrons. The minimum absolute atomic E-state index is 0.0421. The lowest BCUT2D eigenvalue weighted by Gasteiger charge is -2.45. The molecule has 5 nitrogen and oxygen atoms in total. The van der Waals surface area contributed by atoms with Crippen molar-refractivity contribution in [3.63, 3.8) is 0 Å². The Bertz CT molecular complexity index is 794. The molecule has 1 aliphatic carbocycles. The number of aryl methyl sites for hydroxylation is 1. The van der Waals surface area contributed by atoms with E-state index in [0.29, 0.717) is 5.91 Å². The quantitative estimate of drug-likeness (QED) is 0.629. The average Bonchev–Trinajstić information content (AvgIpc) is 2.82. The highest BCUT2D eigenvalue weighted by molar-refractivity contribution is 5.81. The number of fused-ring (bicyclic) bond motifs is 1. The molecule has 5 heteroatoms. The standard InChI is InChI=1S/C27H40N2O3/c1-21-25(30)28(2)20-27(15-9-8-11-22-10-6-7-14-24(22)32-21)16-18-29(19-17-27)26(31)23-12-4-3-5-13-23/h6-7,10,14,21,23H,3-5,8-9,11-13,15-20H2,1-2H3/t21-/m1/s1. The third kappa shape index (κ3) is 5.29. The van der Waals surface area contributed by atoms with E-state index in [1.807, 2.05) is 37.1 Å². The Morgan fingerprint density at radius 3 is 2.47 bits per heavy atom. The number of benzene rings is 1. The van der Waals surface area contributed by atoms with E-state index in [1.54, 1.807) is 0 Å². The van der Waals surface area contributed by atoms with Crippen LogP contribution in [0.4, 0.5) is 0 Å². The molecule has 1 aromatic carbocycles. The summed E-state index contributed by atoms with van der Waals surface area (Å²) in [6, 6.07) is 8.12. The highest BCUT2D eigenvalue weighted by atomic mass is 16.5. The molecule has 32 heavy (non-hydrogen) atoms. The first-order valence-electron chi connectivity index (χ1n) is 12.8. The molecule has 2 amide bonds. The number of piperidine rings is 1. The number of ether oxygens (including phenoxy) is 1. The number of nitrogens with zero attached hydrogens (tertiary/aromatic N) is 2. The van der Waals surface area contributed by atoms with Crippen molar-refractivity contribution in [1.82, 2.24) is 9.80 Å². The van der Waals surface area contributed by atoms with Gasteiger partial charge in [0.05, 0.1) is 0 Å². The zero-order chi connectivity index (χ0) is 22.6. The van der Waals surface area contributed by atoms with E-state index < -0.39 is 6.10 Å². The Morgan fingerprint density at radius 2 is 1.72 bits per heavy atom. The number of para-hydroxylation sites is 1. The molecule has 1 saturated heterocycles. The number of amides is 2. The second kappa shape index (κ2) is 10.3. The van der Waals surface area contributed by atoms with Crippen molar-refractivity contribution in [2.75, 3.05) is 26.7 Å². The van der Waals surface area contributed by atoms with Gasteiger partial charge in [-0.1, -0.05) is 43.9 Å². The summed E-state index contributed by atoms with van der Waals surface area (Å²) >= 11 is 0. The molecular formula is C27H40N2O3. The van der Waals surface area contributed by atoms with Gasteiger partial charge in [-0.05, 0) is 68.9 Å². The van der Waals surface area contributed by atoms with E-state index in [2.05, 4.69) is 11.0 Å². The Morgan fingerprint density at radius 1 is 1.00 bits per heavy atom. The third-order valence-corrected chi connectivity index (χ3v) is 8.07. The van der Waals surface area contributed by atoms with Crippen molar-refractivity contribution in [1.29, 1.82) is 0 Å². The van der Waals surface area contributed by atoms with Crippen molar-refractivity contribution in [2.45, 2.75) is 83.7 Å². The smallest absolute Gasteiger partial charge is 0.263 e. The van der Waals surface area contributed by atoms with Gasteiger partial charge >= 0.3 is 0 Å². The first-order chi connectivity index (χ1) is 15.5. The maximum atomic E-state index is 13.1. The number of rotatable bonds is 1. The Balaban J connectivity index is 1.44. The van der Waals surface area contributed by atoms with E-state index in [9.17, 15) is 9.59 Å². The number of likely N-dealkylation sites (N-methyl/N-ethyl adjacent to an activating group) is 1. The molecule has 0 bridgehead atoms. The lowest BCUT2D eigenvalue weighted by molar-refractivity contribution is -0.142. The average molecular weight is 441 g/mol. The number of hydrogen-bond donors (Lipinski definition) is 0. The van der Waals surface area contributed by atoms with E-state index >= 15 is 0 Å². The molecule has 4 rings (SSSR count). The van der Waals surface area contributed by atoms with Gasteiger partial charge in [-0.25, -0.2) is 0 Å². The largest absolute Gasteiger partial charge is 0.481 e. The van der Waals surface area contributed by atoms with Crippen LogP contribution in [-0.2, 0) is 16.0 Å². The van der Waals surface area contributed by atoms with Crippen molar-refractivity contribution in [3.05, 3.63) is 29.8 Å². The lowest BCUT2D eigenvalue weighted by atomic mass is 9.73. The van der Waals surface area contributed by atoms with Crippen LogP contribution in [0.15, 0.2) is 24.3 Å². The van der Waals surface area contributed by atoms with Crippen LogP contribution in [0.2, 0.25) is 0 Å². The van der Waals surface area contributed by atoms with Gasteiger partial charge in [0.25, 0.3) is 5.91 Å². The summed E-state index contributed by atoms with van der Waals surface area (Å²) in [5, 5.41) is 0. The topological polar surface area (TPSA) is 49.9 Å². The maximum absolute atomic E-state index is 13.1. The van der Waals surface area contributed by atoms with Crippen LogP contribution in [-0.4, -0.2) is 54.4 Å². The van der Waals surface area contributed by atoms with Crippen LogP contribution < -0.4 is 4.74 Å². The predicted molar refractivity (Wildman–Crippen MR) is 127 cm³/mol. The minimum atomic E-state index is -0.495. The van der Waals surface area contributed by atoms with Crippen LogP contribution in [0.1, 0.15) is 76.7 Å². The molecular weight excluding hydrogens is 400 g/mol. The first-order valence-corrected chi connectivity index (χ1v) is 12.8. The van der Waals surface area contributed by atoms with Gasteiger partial charge in [0.2, 0.25) is 5.91 Å². The van der Waals surface area contributed by atoms with Crippen LogP contribution in [0.5, 0.6) is 5.75 Å². The summed E-state index contributed by atoms with van der Waals surface area (Å²) in [6.45, 7) is 4.30. The van der Waals surface area contributed by atoms with Crippen LogP contribution in [0, 0.1) is 11.3 Å². The number of likely N-dealkylation sites (tertiary alicyclic amines) is 1. The van der Waals surface area contributed by atoms with Gasteiger partial charge in [0.1, 0.15) is 5.75 Å². The summed E-state index contributed by atoms with van der Waals surface area (Å²) in [4.78, 5) is 30.2. The fourth-order valence-corrected chi connectivity index (χ4v) is 6.07. The van der Waals surface area contributed by atoms with Crippen molar-refractivity contribution in [3.8, 4) is 5.75 Å². The van der Waals surface area contributed by atoms with E-state index in [-0.39, 0.29) is 17.2 Å². The molecule has 1 saturated carbocycles. The van der Waals surface area contributed by atoms with Gasteiger partial charge < -0.3 is 14.5 Å². The normalized spacial score (nSPS) is 25.4. The number of carbonyl (C=O) groups excluding carboxylic acids is 2. The minimum Gasteiger partial charge on any atom is -0.481 e. The molecule has 1 aromatic rings. The van der Waals surface area contributed by atoms with Crippen molar-refractivity contribution >= 4 is 11.8 Å². The molecule has 0 radical (unpaired) electrons. The monoisotopic (exact) mass is 440 g/mol. The van der Waals surface area contributed by atoms with E-state index in [1.165, 1.54) is 24.8 Å². The molecule has 2 aliphatic heterocycles. The van der Waals surface area contributed by atoms with Gasteiger partial charge in [0, 0.05) is 32.6 Å². The summed E-state index contributed by atoms with van der Waals surface area (Å²) in [5.41, 5.74) is 1.30. The van der Waals surface area contributed by atoms with E-state index in [4.69, 9.17) is 4.74 Å². The summed E-state index contributed by atoms with van der Waals surface area (Å²) in [7, 11) is 1.92. The SMILES string of the molecule is C[C@H]1Oc2ccccc2CCCCC2(CCN(C(=O)C3CCCCC3)CC2)CN(C)C1=O. The van der Waals surface area contributed by atoms with Crippen molar-refractivity contribution in [2.24, 2.45) is 11.3 Å². The summed E-state index contributed by atoms with van der Waals surface area (Å²) < 4.78 is 6.10. The van der Waals surface area contributed by atoms with Crippen LogP contribution in [0.25, 0.3) is 0 Å². The second-order valence-corrected chi connectivity index (χ2v) is 10.4. The van der Waals surface area contributed by atoms with Crippen LogP contribution in [0.3, 0.4) is 0 Å². The van der Waals surface area contributed by atoms with Gasteiger partial charge in [-0.15, -0.1) is 0 Å². The molecule has 0 unspecified atom stereocenters. The highest BCUT2D eigenvalue weighted by Gasteiger charge is 2.39. The highest BCUT2D eigenvalue weighted by Crippen LogP contribution is 2.39. The number of carbonyl (C=O) groups is 2. The second-order valence-electron chi connectivity index (χ2n) is 10.4. The Labute approximate surface area is 193 Å². The molecule has 2 heterocycles. The van der Waals surface area contributed by atoms with Gasteiger partial charge in [0.15, 0.2) is 6.10 Å². The molecule has 2 fully saturated rings. The Kier molecular flexibility index (Phi) is 7.42. The van der Waals surface area contributed by atoms with Crippen molar-refractivity contribution < 1.29 is 14.3 Å². The molecule has 0 aromatic heterocycles. The third-order valence-electron chi connectivity index (χ3n) is 8.07. The molecule has 3 aliphatic rings. The lowest BCUT2D eigenvalue weighted by Crippen LogP contribution is -2.51. The van der Waals surface area contributed by atoms with E-state index in [0.717, 1.165) is 76.8 Å². The zero-order valence-electron chi connectivity index (χ0n) is 20.0. The zero-order valence-corrected chi connectivity index (χ0v) is 20.0. The fraction of sp³-hybridized carbons (Fsp3) is 0.704. The van der Waals surface area contributed by atoms with Gasteiger partial charge in [-0.3, -0.25) is 9.59 Å². The Hall–Kier alpha value is -2.04. The first kappa shape index (κ1) is 23.1. The summed E-state index contributed by atoms with van der Waals surface area (Å²) in [5.74, 6) is 1.51. The van der Waals surface area contributed by atoms with Gasteiger partial charge in [-0.2, -0.15) is 0 Å². The van der Waals surface area contributed by atoms with Crippen LogP contribution >= 0.6 is 0 Å². The number of hydrogen-bond acceptors (Lipinski definition) is 3. The fourth-order valence-electron chi connectivity index (χ4n) is 6.07. The summed E-state index contributed by atoms with van der Waals surface area (Å²) in [6.07, 6.45) is 11.7. The maximum Gasteiger partial charge on any atom is 0.263 e. The molecule has 1 atom stereocenters.